The molecule has 0 radical (unpaired) electrons. The van der Waals surface area contributed by atoms with Crippen molar-refractivity contribution < 1.29 is 4.74 Å². The maximum Gasteiger partial charge on any atom is 0.0506 e. The van der Waals surface area contributed by atoms with E-state index in [1.807, 2.05) is 0 Å². The average molecular weight is 253 g/mol. The van der Waals surface area contributed by atoms with Crippen LogP contribution in [0, 0.1) is 17.8 Å². The monoisotopic (exact) mass is 253 g/mol. The van der Waals surface area contributed by atoms with Crippen LogP contribution in [0.5, 0.6) is 0 Å². The van der Waals surface area contributed by atoms with Gasteiger partial charge in [-0.05, 0) is 43.4 Å². The summed E-state index contributed by atoms with van der Waals surface area (Å²) in [5.74, 6) is 2.51. The van der Waals surface area contributed by atoms with Gasteiger partial charge >= 0.3 is 0 Å². The van der Waals surface area contributed by atoms with Crippen molar-refractivity contribution in [3.63, 3.8) is 0 Å². The van der Waals surface area contributed by atoms with E-state index in [0.29, 0.717) is 12.0 Å². The molecule has 0 bridgehead atoms. The van der Waals surface area contributed by atoms with Gasteiger partial charge in [-0.1, -0.05) is 33.6 Å². The standard InChI is InChI=1S/C16H31NO/c1-12(2)9-14-5-4-6-15(10-14)17-16-7-8-18-11-13(16)3/h12-17H,4-11H2,1-3H3. The highest BCUT2D eigenvalue weighted by molar-refractivity contribution is 4.84. The van der Waals surface area contributed by atoms with Gasteiger partial charge in [0, 0.05) is 18.7 Å². The van der Waals surface area contributed by atoms with Gasteiger partial charge in [-0.2, -0.15) is 0 Å². The van der Waals surface area contributed by atoms with Crippen molar-refractivity contribution in [3.8, 4) is 0 Å². The minimum Gasteiger partial charge on any atom is -0.381 e. The van der Waals surface area contributed by atoms with E-state index >= 15 is 0 Å². The molecule has 1 saturated heterocycles. The quantitative estimate of drug-likeness (QED) is 0.826. The van der Waals surface area contributed by atoms with Crippen molar-refractivity contribution in [2.45, 2.75) is 71.4 Å². The van der Waals surface area contributed by atoms with E-state index < -0.39 is 0 Å². The minimum atomic E-state index is 0.684. The maximum absolute atomic E-state index is 5.53. The van der Waals surface area contributed by atoms with Crippen LogP contribution < -0.4 is 5.32 Å². The second-order valence-corrected chi connectivity index (χ2v) is 6.97. The van der Waals surface area contributed by atoms with Crippen molar-refractivity contribution in [1.29, 1.82) is 0 Å². The normalized spacial score (nSPS) is 38.0. The third-order valence-corrected chi connectivity index (χ3v) is 4.68. The summed E-state index contributed by atoms with van der Waals surface area (Å²) in [4.78, 5) is 0. The first-order chi connectivity index (χ1) is 8.65. The van der Waals surface area contributed by atoms with Crippen LogP contribution in [0.15, 0.2) is 0 Å². The van der Waals surface area contributed by atoms with Crippen LogP contribution in [0.1, 0.15) is 59.3 Å². The van der Waals surface area contributed by atoms with Crippen molar-refractivity contribution in [1.82, 2.24) is 5.32 Å². The molecule has 0 spiro atoms. The molecule has 0 aromatic carbocycles. The first kappa shape index (κ1) is 14.3. The van der Waals surface area contributed by atoms with Crippen LogP contribution in [0.3, 0.4) is 0 Å². The van der Waals surface area contributed by atoms with Gasteiger partial charge in [-0.25, -0.2) is 0 Å². The maximum atomic E-state index is 5.53. The fraction of sp³-hybridized carbons (Fsp3) is 1.00. The fourth-order valence-corrected chi connectivity index (χ4v) is 3.75. The van der Waals surface area contributed by atoms with Crippen LogP contribution in [0.2, 0.25) is 0 Å². The lowest BCUT2D eigenvalue weighted by atomic mass is 9.80. The van der Waals surface area contributed by atoms with E-state index in [1.165, 1.54) is 38.5 Å². The van der Waals surface area contributed by atoms with E-state index in [1.54, 1.807) is 0 Å². The van der Waals surface area contributed by atoms with Crippen molar-refractivity contribution >= 4 is 0 Å². The Kier molecular flexibility index (Phi) is 5.50. The average Bonchev–Trinajstić information content (AvgIpc) is 2.32. The first-order valence-corrected chi connectivity index (χ1v) is 7.99. The van der Waals surface area contributed by atoms with Crippen molar-refractivity contribution in [2.24, 2.45) is 17.8 Å². The molecule has 1 N–H and O–H groups in total. The summed E-state index contributed by atoms with van der Waals surface area (Å²) < 4.78 is 5.53. The molecule has 18 heavy (non-hydrogen) atoms. The molecule has 1 aliphatic heterocycles. The minimum absolute atomic E-state index is 0.684. The molecule has 2 nitrogen and oxygen atoms in total. The molecule has 0 aromatic rings. The third kappa shape index (κ3) is 4.24. The summed E-state index contributed by atoms with van der Waals surface area (Å²) in [6, 6.07) is 1.47. The Morgan fingerprint density at radius 1 is 1.22 bits per heavy atom. The summed E-state index contributed by atoms with van der Waals surface area (Å²) >= 11 is 0. The molecule has 4 atom stereocenters. The van der Waals surface area contributed by atoms with Gasteiger partial charge in [-0.15, -0.1) is 0 Å². The zero-order valence-electron chi connectivity index (χ0n) is 12.5. The highest BCUT2D eigenvalue weighted by Gasteiger charge is 2.28. The Bertz CT molecular complexity index is 241. The lowest BCUT2D eigenvalue weighted by molar-refractivity contribution is 0.0329. The van der Waals surface area contributed by atoms with Crippen LogP contribution in [-0.4, -0.2) is 25.3 Å². The Hall–Kier alpha value is -0.0800. The lowest BCUT2D eigenvalue weighted by Gasteiger charge is -2.37. The highest BCUT2D eigenvalue weighted by Crippen LogP contribution is 2.30. The second kappa shape index (κ2) is 6.91. The molecule has 2 rings (SSSR count). The Labute approximate surface area is 113 Å². The van der Waals surface area contributed by atoms with Crippen LogP contribution in [0.25, 0.3) is 0 Å². The molecular formula is C16H31NO. The number of hydrogen-bond donors (Lipinski definition) is 1. The van der Waals surface area contributed by atoms with Crippen LogP contribution in [-0.2, 0) is 4.74 Å². The Morgan fingerprint density at radius 2 is 2.06 bits per heavy atom. The molecule has 1 saturated carbocycles. The molecule has 2 heteroatoms. The zero-order valence-corrected chi connectivity index (χ0v) is 12.5. The van der Waals surface area contributed by atoms with Gasteiger partial charge in [0.1, 0.15) is 0 Å². The lowest BCUT2D eigenvalue weighted by Crippen LogP contribution is -2.47. The molecule has 0 amide bonds. The molecule has 0 aromatic heterocycles. The van der Waals surface area contributed by atoms with Crippen LogP contribution >= 0.6 is 0 Å². The number of ether oxygens (including phenoxy) is 1. The molecule has 2 aliphatic rings. The summed E-state index contributed by atoms with van der Waals surface area (Å²) in [5.41, 5.74) is 0. The topological polar surface area (TPSA) is 21.3 Å². The van der Waals surface area contributed by atoms with E-state index in [0.717, 1.165) is 31.1 Å². The van der Waals surface area contributed by atoms with Crippen molar-refractivity contribution in [2.75, 3.05) is 13.2 Å². The molecule has 106 valence electrons. The molecule has 2 fully saturated rings. The van der Waals surface area contributed by atoms with E-state index in [4.69, 9.17) is 4.74 Å². The van der Waals surface area contributed by atoms with Gasteiger partial charge in [-0.3, -0.25) is 0 Å². The predicted molar refractivity (Wildman–Crippen MR) is 76.7 cm³/mol. The molecule has 1 heterocycles. The Balaban J connectivity index is 1.77. The first-order valence-electron chi connectivity index (χ1n) is 7.99. The summed E-state index contributed by atoms with van der Waals surface area (Å²) in [5, 5.41) is 3.93. The van der Waals surface area contributed by atoms with Gasteiger partial charge in [0.2, 0.25) is 0 Å². The smallest absolute Gasteiger partial charge is 0.0506 e. The van der Waals surface area contributed by atoms with E-state index in [-0.39, 0.29) is 0 Å². The molecular weight excluding hydrogens is 222 g/mol. The third-order valence-electron chi connectivity index (χ3n) is 4.68. The van der Waals surface area contributed by atoms with E-state index in [2.05, 4.69) is 26.1 Å². The second-order valence-electron chi connectivity index (χ2n) is 6.97. The van der Waals surface area contributed by atoms with Crippen LogP contribution in [0.4, 0.5) is 0 Å². The fourth-order valence-electron chi connectivity index (χ4n) is 3.75. The van der Waals surface area contributed by atoms with Crippen molar-refractivity contribution in [3.05, 3.63) is 0 Å². The summed E-state index contributed by atoms with van der Waals surface area (Å²) in [7, 11) is 0. The molecule has 1 aliphatic carbocycles. The van der Waals surface area contributed by atoms with Gasteiger partial charge < -0.3 is 10.1 Å². The SMILES string of the molecule is CC(C)CC1CCCC(NC2CCOCC2C)C1. The zero-order chi connectivity index (χ0) is 13.0. The molecule has 4 unspecified atom stereocenters. The summed E-state index contributed by atoms with van der Waals surface area (Å²) in [6.07, 6.45) is 8.29. The Morgan fingerprint density at radius 3 is 2.78 bits per heavy atom. The largest absolute Gasteiger partial charge is 0.381 e. The van der Waals surface area contributed by atoms with E-state index in [9.17, 15) is 0 Å². The number of hydrogen-bond acceptors (Lipinski definition) is 2. The van der Waals surface area contributed by atoms with Gasteiger partial charge in [0.05, 0.1) is 6.61 Å². The van der Waals surface area contributed by atoms with Gasteiger partial charge in [0.15, 0.2) is 0 Å². The number of rotatable bonds is 4. The highest BCUT2D eigenvalue weighted by atomic mass is 16.5. The van der Waals surface area contributed by atoms with Gasteiger partial charge in [0.25, 0.3) is 0 Å². The predicted octanol–water partition coefficient (Wildman–Crippen LogP) is 3.61. The summed E-state index contributed by atoms with van der Waals surface area (Å²) in [6.45, 7) is 8.93. The number of nitrogens with one attached hydrogen (secondary N) is 1.